The number of fused-ring (bicyclic) bond motifs is 3. The van der Waals surface area contributed by atoms with Crippen LogP contribution < -0.4 is 11.1 Å². The van der Waals surface area contributed by atoms with Crippen LogP contribution in [0.1, 0.15) is 23.2 Å². The van der Waals surface area contributed by atoms with Crippen LogP contribution in [0.4, 0.5) is 5.82 Å². The monoisotopic (exact) mass is 360 g/mol. The Kier molecular flexibility index (Phi) is 4.65. The van der Waals surface area contributed by atoms with E-state index in [1.807, 2.05) is 30.6 Å². The Morgan fingerprint density at radius 1 is 1.11 bits per heavy atom. The van der Waals surface area contributed by atoms with Gasteiger partial charge in [0.1, 0.15) is 5.52 Å². The summed E-state index contributed by atoms with van der Waals surface area (Å²) in [5.41, 5.74) is 9.30. The first-order valence-electron chi connectivity index (χ1n) is 8.91. The van der Waals surface area contributed by atoms with Crippen LogP contribution in [0, 0.1) is 0 Å². The molecule has 0 bridgehead atoms. The van der Waals surface area contributed by atoms with E-state index in [2.05, 4.69) is 24.8 Å². The van der Waals surface area contributed by atoms with E-state index in [-0.39, 0.29) is 5.91 Å². The average Bonchev–Trinajstić information content (AvgIpc) is 3.13. The predicted molar refractivity (Wildman–Crippen MR) is 105 cm³/mol. The lowest BCUT2D eigenvalue weighted by Gasteiger charge is -2.08. The minimum absolute atomic E-state index is 0.0738. The number of aryl methyl sites for hydroxylation is 1. The lowest BCUT2D eigenvalue weighted by molar-refractivity contribution is 0.0952. The number of unbranched alkanes of at least 4 members (excludes halogenated alkanes) is 1. The Labute approximate surface area is 156 Å². The van der Waals surface area contributed by atoms with E-state index in [0.717, 1.165) is 41.3 Å². The van der Waals surface area contributed by atoms with Crippen LogP contribution in [0.2, 0.25) is 0 Å². The molecule has 0 aliphatic rings. The first kappa shape index (κ1) is 17.0. The van der Waals surface area contributed by atoms with Crippen LogP contribution in [-0.2, 0) is 6.54 Å². The van der Waals surface area contributed by atoms with Gasteiger partial charge in [-0.25, -0.2) is 9.97 Å². The second kappa shape index (κ2) is 7.41. The first-order chi connectivity index (χ1) is 13.2. The molecule has 3 heterocycles. The van der Waals surface area contributed by atoms with Gasteiger partial charge in [0, 0.05) is 36.4 Å². The molecule has 0 aliphatic heterocycles. The number of anilines is 1. The molecule has 1 aromatic carbocycles. The van der Waals surface area contributed by atoms with Crippen molar-refractivity contribution in [3.63, 3.8) is 0 Å². The minimum atomic E-state index is -0.0738. The molecule has 1 amide bonds. The number of nitrogens with one attached hydrogen (secondary N) is 1. The second-order valence-corrected chi connectivity index (χ2v) is 6.35. The topological polar surface area (TPSA) is 98.7 Å². The molecule has 0 atom stereocenters. The van der Waals surface area contributed by atoms with E-state index >= 15 is 0 Å². The summed E-state index contributed by atoms with van der Waals surface area (Å²) >= 11 is 0. The van der Waals surface area contributed by atoms with Gasteiger partial charge in [-0.3, -0.25) is 9.78 Å². The molecule has 0 saturated carbocycles. The molecule has 3 aromatic heterocycles. The standard InChI is InChI=1S/C20H20N6O/c21-19-17-18(15-5-1-2-6-16(15)25-19)26(13-24-17)12-4-3-9-23-20(27)14-7-10-22-11-8-14/h1-2,5-8,10-11,13H,3-4,9,12H2,(H2,21,25)(H,23,27). The highest BCUT2D eigenvalue weighted by Gasteiger charge is 2.11. The molecule has 0 saturated heterocycles. The molecule has 0 fully saturated rings. The van der Waals surface area contributed by atoms with Gasteiger partial charge in [0.25, 0.3) is 5.91 Å². The number of imidazole rings is 1. The Morgan fingerprint density at radius 3 is 2.78 bits per heavy atom. The number of amides is 1. The zero-order valence-corrected chi connectivity index (χ0v) is 14.8. The molecule has 0 spiro atoms. The van der Waals surface area contributed by atoms with Gasteiger partial charge in [0.15, 0.2) is 5.82 Å². The molecule has 4 rings (SSSR count). The van der Waals surface area contributed by atoms with Gasteiger partial charge in [-0.2, -0.15) is 0 Å². The molecular weight excluding hydrogens is 340 g/mol. The number of rotatable bonds is 6. The lowest BCUT2D eigenvalue weighted by atomic mass is 10.2. The van der Waals surface area contributed by atoms with Gasteiger partial charge in [-0.15, -0.1) is 0 Å². The molecular formula is C20H20N6O. The maximum Gasteiger partial charge on any atom is 0.251 e. The van der Waals surface area contributed by atoms with Gasteiger partial charge in [0.2, 0.25) is 0 Å². The summed E-state index contributed by atoms with van der Waals surface area (Å²) in [6.45, 7) is 1.42. The minimum Gasteiger partial charge on any atom is -0.382 e. The van der Waals surface area contributed by atoms with Gasteiger partial charge in [-0.1, -0.05) is 18.2 Å². The fourth-order valence-corrected chi connectivity index (χ4v) is 3.19. The van der Waals surface area contributed by atoms with E-state index in [1.165, 1.54) is 0 Å². The Balaban J connectivity index is 1.40. The highest BCUT2D eigenvalue weighted by molar-refractivity contribution is 6.06. The average molecular weight is 360 g/mol. The number of hydrogen-bond acceptors (Lipinski definition) is 5. The number of hydrogen-bond donors (Lipinski definition) is 2. The van der Waals surface area contributed by atoms with Crippen LogP contribution >= 0.6 is 0 Å². The smallest absolute Gasteiger partial charge is 0.251 e. The van der Waals surface area contributed by atoms with Crippen molar-refractivity contribution in [2.75, 3.05) is 12.3 Å². The summed E-state index contributed by atoms with van der Waals surface area (Å²) in [6.07, 6.45) is 6.83. The van der Waals surface area contributed by atoms with Crippen molar-refractivity contribution < 1.29 is 4.79 Å². The highest BCUT2D eigenvalue weighted by Crippen LogP contribution is 2.27. The van der Waals surface area contributed by atoms with E-state index in [0.29, 0.717) is 17.9 Å². The molecule has 27 heavy (non-hydrogen) atoms. The number of aromatic nitrogens is 4. The third kappa shape index (κ3) is 3.44. The van der Waals surface area contributed by atoms with E-state index in [9.17, 15) is 4.79 Å². The van der Waals surface area contributed by atoms with Gasteiger partial charge < -0.3 is 15.6 Å². The molecule has 0 aliphatic carbocycles. The molecule has 0 radical (unpaired) electrons. The van der Waals surface area contributed by atoms with Gasteiger partial charge in [-0.05, 0) is 31.0 Å². The summed E-state index contributed by atoms with van der Waals surface area (Å²) in [6, 6.07) is 11.3. The predicted octanol–water partition coefficient (Wildman–Crippen LogP) is 2.77. The number of para-hydroxylation sites is 1. The SMILES string of the molecule is Nc1nc2ccccc2c2c1ncn2CCCCNC(=O)c1ccncc1. The second-order valence-electron chi connectivity index (χ2n) is 6.35. The van der Waals surface area contributed by atoms with Gasteiger partial charge in [0.05, 0.1) is 17.4 Å². The Bertz CT molecular complexity index is 1090. The maximum absolute atomic E-state index is 12.0. The quantitative estimate of drug-likeness (QED) is 0.515. The molecule has 136 valence electrons. The first-order valence-corrected chi connectivity index (χ1v) is 8.91. The molecule has 7 heteroatoms. The summed E-state index contributed by atoms with van der Waals surface area (Å²) < 4.78 is 2.11. The third-order valence-corrected chi connectivity index (χ3v) is 4.53. The van der Waals surface area contributed by atoms with Crippen molar-refractivity contribution in [3.8, 4) is 0 Å². The van der Waals surface area contributed by atoms with Crippen molar-refractivity contribution in [1.82, 2.24) is 24.8 Å². The summed E-state index contributed by atoms with van der Waals surface area (Å²) in [5, 5.41) is 3.98. The van der Waals surface area contributed by atoms with Crippen LogP contribution in [0.15, 0.2) is 55.1 Å². The van der Waals surface area contributed by atoms with Crippen molar-refractivity contribution >= 4 is 33.7 Å². The Hall–Kier alpha value is -3.48. The molecule has 4 aromatic rings. The number of benzene rings is 1. The number of nitrogens with two attached hydrogens (primary N) is 1. The summed E-state index contributed by atoms with van der Waals surface area (Å²) in [7, 11) is 0. The highest BCUT2D eigenvalue weighted by atomic mass is 16.1. The largest absolute Gasteiger partial charge is 0.382 e. The summed E-state index contributed by atoms with van der Waals surface area (Å²) in [4.78, 5) is 24.8. The van der Waals surface area contributed by atoms with Gasteiger partial charge >= 0.3 is 0 Å². The van der Waals surface area contributed by atoms with Crippen LogP contribution in [0.5, 0.6) is 0 Å². The molecule has 7 nitrogen and oxygen atoms in total. The molecule has 3 N–H and O–H groups in total. The number of nitrogens with zero attached hydrogens (tertiary/aromatic N) is 4. The van der Waals surface area contributed by atoms with Crippen LogP contribution in [0.3, 0.4) is 0 Å². The maximum atomic E-state index is 12.0. The van der Waals surface area contributed by atoms with E-state index in [4.69, 9.17) is 5.73 Å². The van der Waals surface area contributed by atoms with Crippen LogP contribution in [0.25, 0.3) is 21.9 Å². The lowest BCUT2D eigenvalue weighted by Crippen LogP contribution is -2.24. The van der Waals surface area contributed by atoms with Crippen LogP contribution in [-0.4, -0.2) is 32.0 Å². The number of nitrogen functional groups attached to an aromatic ring is 1. The van der Waals surface area contributed by atoms with Crippen molar-refractivity contribution in [3.05, 3.63) is 60.7 Å². The summed E-state index contributed by atoms with van der Waals surface area (Å²) in [5.74, 6) is 0.377. The van der Waals surface area contributed by atoms with E-state index < -0.39 is 0 Å². The third-order valence-electron chi connectivity index (χ3n) is 4.53. The fourth-order valence-electron chi connectivity index (χ4n) is 3.19. The van der Waals surface area contributed by atoms with Crippen molar-refractivity contribution in [1.29, 1.82) is 0 Å². The molecule has 0 unspecified atom stereocenters. The normalized spacial score (nSPS) is 11.1. The van der Waals surface area contributed by atoms with Crippen molar-refractivity contribution in [2.24, 2.45) is 0 Å². The zero-order chi connectivity index (χ0) is 18.6. The van der Waals surface area contributed by atoms with Crippen molar-refractivity contribution in [2.45, 2.75) is 19.4 Å². The Morgan fingerprint density at radius 2 is 1.93 bits per heavy atom. The number of carbonyl (C=O) groups excluding carboxylic acids is 1. The zero-order valence-electron chi connectivity index (χ0n) is 14.8. The van der Waals surface area contributed by atoms with E-state index in [1.54, 1.807) is 24.5 Å². The fraction of sp³-hybridized carbons (Fsp3) is 0.200. The number of pyridine rings is 2. The number of carbonyl (C=O) groups is 1.